The van der Waals surface area contributed by atoms with Crippen molar-refractivity contribution in [1.82, 2.24) is 14.7 Å². The van der Waals surface area contributed by atoms with Crippen LogP contribution < -0.4 is 4.74 Å². The van der Waals surface area contributed by atoms with E-state index < -0.39 is 0 Å². The number of aromatic nitrogens is 2. The molecule has 0 saturated heterocycles. The molecule has 0 unspecified atom stereocenters. The van der Waals surface area contributed by atoms with Gasteiger partial charge in [0.15, 0.2) is 5.75 Å². The van der Waals surface area contributed by atoms with E-state index in [1.165, 1.54) is 0 Å². The Bertz CT molecular complexity index is 590. The summed E-state index contributed by atoms with van der Waals surface area (Å²) in [5.74, 6) is 0.724. The number of aryl methyl sites for hydroxylation is 1. The van der Waals surface area contributed by atoms with Gasteiger partial charge in [-0.15, -0.1) is 0 Å². The molecule has 1 aromatic heterocycles. The zero-order valence-corrected chi connectivity index (χ0v) is 12.0. The molecular weight excluding hydrogens is 254 g/mol. The lowest BCUT2D eigenvalue weighted by Gasteiger charge is -2.11. The van der Waals surface area contributed by atoms with E-state index in [9.17, 15) is 4.79 Å². The maximum absolute atomic E-state index is 11.9. The molecule has 0 aliphatic heterocycles. The second kappa shape index (κ2) is 6.23. The van der Waals surface area contributed by atoms with Gasteiger partial charge >= 0.3 is 0 Å². The molecule has 5 nitrogen and oxygen atoms in total. The lowest BCUT2D eigenvalue weighted by atomic mass is 10.1. The van der Waals surface area contributed by atoms with Gasteiger partial charge in [0, 0.05) is 26.2 Å². The van der Waals surface area contributed by atoms with E-state index in [1.807, 2.05) is 31.3 Å². The van der Waals surface area contributed by atoms with Crippen molar-refractivity contribution in [1.29, 1.82) is 0 Å². The quantitative estimate of drug-likeness (QED) is 0.839. The SMILES string of the molecule is CCn1cc(OCc2cccc(C(=O)N(C)C)c2)cn1. The molecule has 1 heterocycles. The van der Waals surface area contributed by atoms with Gasteiger partial charge in [0.1, 0.15) is 6.61 Å². The second-order valence-corrected chi connectivity index (χ2v) is 4.72. The fourth-order valence-electron chi connectivity index (χ4n) is 1.81. The van der Waals surface area contributed by atoms with Crippen molar-refractivity contribution in [3.05, 3.63) is 47.8 Å². The number of rotatable bonds is 5. The Balaban J connectivity index is 2.02. The average Bonchev–Trinajstić information content (AvgIpc) is 2.92. The minimum atomic E-state index is -0.00866. The van der Waals surface area contributed by atoms with E-state index in [0.29, 0.717) is 12.2 Å². The van der Waals surface area contributed by atoms with Crippen LogP contribution in [0.2, 0.25) is 0 Å². The maximum Gasteiger partial charge on any atom is 0.253 e. The lowest BCUT2D eigenvalue weighted by Crippen LogP contribution is -2.21. The van der Waals surface area contributed by atoms with Gasteiger partial charge in [0.25, 0.3) is 5.91 Å². The Morgan fingerprint density at radius 1 is 1.40 bits per heavy atom. The Hall–Kier alpha value is -2.30. The fraction of sp³-hybridized carbons (Fsp3) is 0.333. The highest BCUT2D eigenvalue weighted by molar-refractivity contribution is 5.94. The molecule has 0 saturated carbocycles. The predicted molar refractivity (Wildman–Crippen MR) is 76.7 cm³/mol. The van der Waals surface area contributed by atoms with Crippen LogP contribution in [0.15, 0.2) is 36.7 Å². The molecule has 20 heavy (non-hydrogen) atoms. The molecule has 5 heteroatoms. The number of amides is 1. The molecule has 0 aliphatic carbocycles. The number of benzene rings is 1. The standard InChI is InChI=1S/C15H19N3O2/c1-4-18-10-14(9-16-18)20-11-12-6-5-7-13(8-12)15(19)17(2)3/h5-10H,4,11H2,1-3H3. The van der Waals surface area contributed by atoms with Crippen LogP contribution in [0.4, 0.5) is 0 Å². The first kappa shape index (κ1) is 14.1. The van der Waals surface area contributed by atoms with E-state index in [2.05, 4.69) is 5.10 Å². The maximum atomic E-state index is 11.9. The van der Waals surface area contributed by atoms with E-state index in [1.54, 1.807) is 35.9 Å². The molecule has 2 rings (SSSR count). The number of nitrogens with zero attached hydrogens (tertiary/aromatic N) is 3. The van der Waals surface area contributed by atoms with Gasteiger partial charge in [0.2, 0.25) is 0 Å². The summed E-state index contributed by atoms with van der Waals surface area (Å²) >= 11 is 0. The number of carbonyl (C=O) groups is 1. The number of ether oxygens (including phenoxy) is 1. The molecule has 0 atom stereocenters. The first-order valence-electron chi connectivity index (χ1n) is 6.56. The number of hydrogen-bond donors (Lipinski definition) is 0. The second-order valence-electron chi connectivity index (χ2n) is 4.72. The Labute approximate surface area is 118 Å². The normalized spacial score (nSPS) is 10.3. The Morgan fingerprint density at radius 3 is 2.85 bits per heavy atom. The molecular formula is C15H19N3O2. The van der Waals surface area contributed by atoms with Crippen molar-refractivity contribution in [3.63, 3.8) is 0 Å². The largest absolute Gasteiger partial charge is 0.486 e. The van der Waals surface area contributed by atoms with Gasteiger partial charge in [-0.3, -0.25) is 9.48 Å². The van der Waals surface area contributed by atoms with Crippen molar-refractivity contribution in [2.45, 2.75) is 20.1 Å². The molecule has 1 amide bonds. The fourth-order valence-corrected chi connectivity index (χ4v) is 1.81. The van der Waals surface area contributed by atoms with Crippen LogP contribution >= 0.6 is 0 Å². The van der Waals surface area contributed by atoms with E-state index in [4.69, 9.17) is 4.74 Å². The van der Waals surface area contributed by atoms with Crippen molar-refractivity contribution in [2.75, 3.05) is 14.1 Å². The molecule has 0 spiro atoms. The van der Waals surface area contributed by atoms with Crippen molar-refractivity contribution < 1.29 is 9.53 Å². The summed E-state index contributed by atoms with van der Waals surface area (Å²) in [6.07, 6.45) is 3.55. The lowest BCUT2D eigenvalue weighted by molar-refractivity contribution is 0.0827. The van der Waals surface area contributed by atoms with Crippen molar-refractivity contribution in [3.8, 4) is 5.75 Å². The zero-order valence-electron chi connectivity index (χ0n) is 12.0. The average molecular weight is 273 g/mol. The molecule has 0 N–H and O–H groups in total. The highest BCUT2D eigenvalue weighted by atomic mass is 16.5. The monoisotopic (exact) mass is 273 g/mol. The Morgan fingerprint density at radius 2 is 2.20 bits per heavy atom. The molecule has 0 radical (unpaired) electrons. The summed E-state index contributed by atoms with van der Waals surface area (Å²) in [5.41, 5.74) is 1.63. The van der Waals surface area contributed by atoms with Crippen LogP contribution in [0.5, 0.6) is 5.75 Å². The highest BCUT2D eigenvalue weighted by Crippen LogP contribution is 2.13. The van der Waals surface area contributed by atoms with E-state index >= 15 is 0 Å². The Kier molecular flexibility index (Phi) is 4.40. The van der Waals surface area contributed by atoms with Crippen LogP contribution in [-0.4, -0.2) is 34.7 Å². The van der Waals surface area contributed by atoms with Crippen LogP contribution in [0.1, 0.15) is 22.8 Å². The minimum Gasteiger partial charge on any atom is -0.486 e. The van der Waals surface area contributed by atoms with Gasteiger partial charge in [0.05, 0.1) is 12.4 Å². The third-order valence-electron chi connectivity index (χ3n) is 2.92. The summed E-state index contributed by atoms with van der Waals surface area (Å²) in [5, 5.41) is 4.15. The van der Waals surface area contributed by atoms with Crippen LogP contribution in [-0.2, 0) is 13.2 Å². The number of carbonyl (C=O) groups excluding carboxylic acids is 1. The third-order valence-corrected chi connectivity index (χ3v) is 2.92. The van der Waals surface area contributed by atoms with Gasteiger partial charge in [-0.05, 0) is 24.6 Å². The minimum absolute atomic E-state index is 0.00866. The molecule has 2 aromatic rings. The topological polar surface area (TPSA) is 47.4 Å². The molecule has 0 bridgehead atoms. The van der Waals surface area contributed by atoms with Gasteiger partial charge in [-0.2, -0.15) is 5.10 Å². The van der Waals surface area contributed by atoms with Crippen LogP contribution in [0.25, 0.3) is 0 Å². The van der Waals surface area contributed by atoms with Crippen molar-refractivity contribution >= 4 is 5.91 Å². The third kappa shape index (κ3) is 3.38. The van der Waals surface area contributed by atoms with E-state index in [0.717, 1.165) is 17.9 Å². The summed E-state index contributed by atoms with van der Waals surface area (Å²) in [6.45, 7) is 3.26. The summed E-state index contributed by atoms with van der Waals surface area (Å²) in [4.78, 5) is 13.4. The first-order chi connectivity index (χ1) is 9.60. The number of hydrogen-bond acceptors (Lipinski definition) is 3. The molecule has 0 aliphatic rings. The molecule has 0 fully saturated rings. The molecule has 1 aromatic carbocycles. The zero-order chi connectivity index (χ0) is 14.5. The van der Waals surface area contributed by atoms with Crippen molar-refractivity contribution in [2.24, 2.45) is 0 Å². The highest BCUT2D eigenvalue weighted by Gasteiger charge is 2.08. The summed E-state index contributed by atoms with van der Waals surface area (Å²) in [6, 6.07) is 7.47. The molecule has 106 valence electrons. The van der Waals surface area contributed by atoms with Gasteiger partial charge in [-0.25, -0.2) is 0 Å². The van der Waals surface area contributed by atoms with Gasteiger partial charge in [-0.1, -0.05) is 12.1 Å². The first-order valence-corrected chi connectivity index (χ1v) is 6.56. The summed E-state index contributed by atoms with van der Waals surface area (Å²) < 4.78 is 7.47. The van der Waals surface area contributed by atoms with Gasteiger partial charge < -0.3 is 9.64 Å². The summed E-state index contributed by atoms with van der Waals surface area (Å²) in [7, 11) is 3.48. The van der Waals surface area contributed by atoms with Crippen LogP contribution in [0, 0.1) is 0 Å². The predicted octanol–water partition coefficient (Wildman–Crippen LogP) is 2.18. The van der Waals surface area contributed by atoms with Crippen LogP contribution in [0.3, 0.4) is 0 Å². The smallest absolute Gasteiger partial charge is 0.253 e. The van der Waals surface area contributed by atoms with E-state index in [-0.39, 0.29) is 5.91 Å².